The van der Waals surface area contributed by atoms with Crippen molar-refractivity contribution >= 4 is 50.6 Å². The lowest BCUT2D eigenvalue weighted by atomic mass is 9.97. The van der Waals surface area contributed by atoms with Gasteiger partial charge in [-0.3, -0.25) is 19.5 Å². The molecule has 0 spiro atoms. The highest BCUT2D eigenvalue weighted by Crippen LogP contribution is 2.36. The molecule has 0 fully saturated rings. The Morgan fingerprint density at radius 1 is 1.16 bits per heavy atom. The number of benzene rings is 2. The second-order valence-corrected chi connectivity index (χ2v) is 10.1. The third kappa shape index (κ3) is 3.94. The molecule has 0 saturated carbocycles. The first kappa shape index (κ1) is 21.2. The fraction of sp³-hybridized carbons (Fsp3) is 0.217. The number of nitrogens with zero attached hydrogens (tertiary/aromatic N) is 3. The van der Waals surface area contributed by atoms with Crippen LogP contribution < -0.4 is 5.56 Å². The number of aromatic nitrogens is 2. The topological polar surface area (TPSA) is 78.0 Å². The lowest BCUT2D eigenvalue weighted by Crippen LogP contribution is -2.22. The van der Waals surface area contributed by atoms with E-state index in [0.717, 1.165) is 47.0 Å². The Morgan fingerprint density at radius 3 is 2.72 bits per heavy atom. The van der Waals surface area contributed by atoms with E-state index in [1.807, 2.05) is 18.2 Å². The fourth-order valence-corrected chi connectivity index (χ4v) is 6.39. The summed E-state index contributed by atoms with van der Waals surface area (Å²) in [5, 5.41) is 13.0. The maximum absolute atomic E-state index is 13.7. The SMILES string of the molecule is O=c1c2c3c(sc2nc(SCc2cccc([N+](=O)[O-])c2)n1-c1ccc(Cl)cc1)CCCC3. The van der Waals surface area contributed by atoms with Gasteiger partial charge in [-0.15, -0.1) is 11.3 Å². The highest BCUT2D eigenvalue weighted by atomic mass is 35.5. The van der Waals surface area contributed by atoms with Gasteiger partial charge in [-0.2, -0.15) is 0 Å². The van der Waals surface area contributed by atoms with Crippen LogP contribution in [0, 0.1) is 10.1 Å². The Bertz CT molecular complexity index is 1400. The number of thioether (sulfide) groups is 1. The Hall–Kier alpha value is -2.68. The average Bonchev–Trinajstić information content (AvgIpc) is 3.17. The molecule has 162 valence electrons. The molecule has 2 aromatic carbocycles. The van der Waals surface area contributed by atoms with Crippen molar-refractivity contribution in [2.24, 2.45) is 0 Å². The van der Waals surface area contributed by atoms with Crippen LogP contribution in [-0.4, -0.2) is 14.5 Å². The molecule has 2 aromatic heterocycles. The molecule has 4 aromatic rings. The molecule has 0 radical (unpaired) electrons. The lowest BCUT2D eigenvalue weighted by molar-refractivity contribution is -0.384. The highest BCUT2D eigenvalue weighted by Gasteiger charge is 2.23. The van der Waals surface area contributed by atoms with Gasteiger partial charge in [0.1, 0.15) is 4.83 Å². The Kier molecular flexibility index (Phi) is 5.75. The monoisotopic (exact) mass is 483 g/mol. The van der Waals surface area contributed by atoms with Gasteiger partial charge in [-0.25, -0.2) is 4.98 Å². The first-order chi connectivity index (χ1) is 15.5. The van der Waals surface area contributed by atoms with Gasteiger partial charge in [0, 0.05) is 27.8 Å². The summed E-state index contributed by atoms with van der Waals surface area (Å²) in [6.07, 6.45) is 4.13. The van der Waals surface area contributed by atoms with Crippen molar-refractivity contribution in [2.45, 2.75) is 36.6 Å². The molecule has 1 aliphatic carbocycles. The van der Waals surface area contributed by atoms with E-state index < -0.39 is 4.92 Å². The Balaban J connectivity index is 1.62. The molecule has 0 aliphatic heterocycles. The highest BCUT2D eigenvalue weighted by molar-refractivity contribution is 7.98. The van der Waals surface area contributed by atoms with Gasteiger partial charge in [0.25, 0.3) is 11.2 Å². The number of nitro groups is 1. The molecular weight excluding hydrogens is 466 g/mol. The lowest BCUT2D eigenvalue weighted by Gasteiger charge is -2.14. The van der Waals surface area contributed by atoms with E-state index in [1.165, 1.54) is 22.7 Å². The maximum Gasteiger partial charge on any atom is 0.269 e. The number of halogens is 1. The molecule has 32 heavy (non-hydrogen) atoms. The van der Waals surface area contributed by atoms with Crippen molar-refractivity contribution < 1.29 is 4.92 Å². The normalized spacial score (nSPS) is 13.3. The van der Waals surface area contributed by atoms with Crippen LogP contribution in [0.1, 0.15) is 28.8 Å². The number of hydrogen-bond acceptors (Lipinski definition) is 6. The zero-order chi connectivity index (χ0) is 22.2. The minimum Gasteiger partial charge on any atom is -0.268 e. The number of hydrogen-bond donors (Lipinski definition) is 0. The molecule has 5 rings (SSSR count). The van der Waals surface area contributed by atoms with Gasteiger partial charge in [0.05, 0.1) is 16.0 Å². The summed E-state index contributed by atoms with van der Waals surface area (Å²) in [6.45, 7) is 0. The average molecular weight is 484 g/mol. The summed E-state index contributed by atoms with van der Waals surface area (Å²) in [5.74, 6) is 0.457. The van der Waals surface area contributed by atoms with E-state index in [-0.39, 0.29) is 11.2 Å². The number of rotatable bonds is 5. The van der Waals surface area contributed by atoms with Crippen LogP contribution in [-0.2, 0) is 18.6 Å². The van der Waals surface area contributed by atoms with Crippen molar-refractivity contribution in [3.8, 4) is 5.69 Å². The van der Waals surface area contributed by atoms with E-state index in [4.69, 9.17) is 16.6 Å². The standard InChI is InChI=1S/C23H18ClN3O3S2/c24-15-8-10-16(11-9-15)26-22(28)20-18-6-1-2-7-19(18)32-21(20)25-23(26)31-13-14-4-3-5-17(12-14)27(29)30/h3-5,8-12H,1-2,6-7,13H2. The second kappa shape index (κ2) is 8.69. The van der Waals surface area contributed by atoms with E-state index in [1.54, 1.807) is 40.2 Å². The number of non-ortho nitro benzene ring substituents is 1. The van der Waals surface area contributed by atoms with Crippen molar-refractivity contribution in [2.75, 3.05) is 0 Å². The molecule has 1 aliphatic rings. The first-order valence-corrected chi connectivity index (χ1v) is 12.4. The summed E-state index contributed by atoms with van der Waals surface area (Å²) in [4.78, 5) is 31.4. The third-order valence-corrected chi connectivity index (χ3v) is 7.98. The molecule has 0 bridgehead atoms. The quantitative estimate of drug-likeness (QED) is 0.146. The molecule has 0 unspecified atom stereocenters. The summed E-state index contributed by atoms with van der Waals surface area (Å²) < 4.78 is 1.64. The van der Waals surface area contributed by atoms with Gasteiger partial charge >= 0.3 is 0 Å². The molecule has 2 heterocycles. The summed E-state index contributed by atoms with van der Waals surface area (Å²) in [7, 11) is 0. The van der Waals surface area contributed by atoms with Crippen molar-refractivity contribution in [3.63, 3.8) is 0 Å². The van der Waals surface area contributed by atoms with Crippen molar-refractivity contribution in [1.29, 1.82) is 0 Å². The minimum atomic E-state index is -0.404. The van der Waals surface area contributed by atoms with Crippen LogP contribution in [0.2, 0.25) is 5.02 Å². The molecular formula is C23H18ClN3O3S2. The van der Waals surface area contributed by atoms with Crippen LogP contribution in [0.5, 0.6) is 0 Å². The largest absolute Gasteiger partial charge is 0.269 e. The van der Waals surface area contributed by atoms with E-state index >= 15 is 0 Å². The van der Waals surface area contributed by atoms with Gasteiger partial charge in [0.2, 0.25) is 0 Å². The Labute approximate surface area is 197 Å². The van der Waals surface area contributed by atoms with Gasteiger partial charge < -0.3 is 0 Å². The summed E-state index contributed by atoms with van der Waals surface area (Å²) in [6, 6.07) is 13.7. The zero-order valence-electron chi connectivity index (χ0n) is 16.9. The number of fused-ring (bicyclic) bond motifs is 3. The van der Waals surface area contributed by atoms with Crippen LogP contribution in [0.15, 0.2) is 58.5 Å². The van der Waals surface area contributed by atoms with Gasteiger partial charge in [0.15, 0.2) is 5.16 Å². The second-order valence-electron chi connectivity index (χ2n) is 7.62. The zero-order valence-corrected chi connectivity index (χ0v) is 19.3. The van der Waals surface area contributed by atoms with Gasteiger partial charge in [-0.05, 0) is 61.1 Å². The minimum absolute atomic E-state index is 0.0486. The van der Waals surface area contributed by atoms with Crippen molar-refractivity contribution in [3.05, 3.63) is 90.0 Å². The molecule has 0 saturated heterocycles. The molecule has 0 N–H and O–H groups in total. The van der Waals surface area contributed by atoms with Crippen LogP contribution in [0.25, 0.3) is 15.9 Å². The molecule has 9 heteroatoms. The number of aryl methyl sites for hydroxylation is 2. The number of nitro benzene ring substituents is 1. The summed E-state index contributed by atoms with van der Waals surface area (Å²) in [5.41, 5.74) is 2.62. The molecule has 6 nitrogen and oxygen atoms in total. The molecule has 0 amide bonds. The third-order valence-electron chi connectivity index (χ3n) is 5.53. The smallest absolute Gasteiger partial charge is 0.268 e. The van der Waals surface area contributed by atoms with E-state index in [2.05, 4.69) is 0 Å². The predicted octanol–water partition coefficient (Wildman–Crippen LogP) is 6.18. The summed E-state index contributed by atoms with van der Waals surface area (Å²) >= 11 is 9.08. The van der Waals surface area contributed by atoms with Crippen LogP contribution in [0.3, 0.4) is 0 Å². The van der Waals surface area contributed by atoms with Crippen LogP contribution >= 0.6 is 34.7 Å². The van der Waals surface area contributed by atoms with E-state index in [9.17, 15) is 14.9 Å². The Morgan fingerprint density at radius 2 is 1.94 bits per heavy atom. The fourth-order valence-electron chi connectivity index (χ4n) is 4.01. The first-order valence-electron chi connectivity index (χ1n) is 10.2. The van der Waals surface area contributed by atoms with Crippen molar-refractivity contribution in [1.82, 2.24) is 9.55 Å². The molecule has 0 atom stereocenters. The van der Waals surface area contributed by atoms with Gasteiger partial charge in [-0.1, -0.05) is 35.5 Å². The van der Waals surface area contributed by atoms with Crippen LogP contribution in [0.4, 0.5) is 5.69 Å². The number of thiophene rings is 1. The maximum atomic E-state index is 13.7. The predicted molar refractivity (Wildman–Crippen MR) is 130 cm³/mol. The van der Waals surface area contributed by atoms with E-state index in [0.29, 0.717) is 21.6 Å².